The van der Waals surface area contributed by atoms with E-state index in [1.165, 1.54) is 5.56 Å². The average Bonchev–Trinajstić information content (AvgIpc) is 3.19. The molecule has 0 fully saturated rings. The quantitative estimate of drug-likeness (QED) is 0.494. The molecular formula is C21H22N6. The third-order valence-corrected chi connectivity index (χ3v) is 4.99. The predicted molar refractivity (Wildman–Crippen MR) is 109 cm³/mol. The van der Waals surface area contributed by atoms with Crippen LogP contribution in [0, 0.1) is 19.3 Å². The standard InChI is InChI=1S/C21H22N6/c1-12-6-7-14(13(2)10-12)19-11-27(21(24)25-19)26-18-9-8-15-16(18)4-3-5-17(15)20(22)23/h3-7,10-11H,8-9H2,1-2H3,(H3,22,23)(H2,24,25)/b26-18+. The second-order valence-electron chi connectivity index (χ2n) is 6.94. The van der Waals surface area contributed by atoms with Crippen molar-refractivity contribution in [1.82, 2.24) is 9.66 Å². The summed E-state index contributed by atoms with van der Waals surface area (Å²) >= 11 is 0. The number of nitrogen functional groups attached to an aromatic ring is 2. The minimum Gasteiger partial charge on any atom is -0.384 e. The van der Waals surface area contributed by atoms with E-state index < -0.39 is 0 Å². The Hall–Kier alpha value is -3.41. The molecule has 5 N–H and O–H groups in total. The molecule has 0 atom stereocenters. The maximum Gasteiger partial charge on any atom is 0.221 e. The van der Waals surface area contributed by atoms with Crippen molar-refractivity contribution in [3.8, 4) is 11.3 Å². The summed E-state index contributed by atoms with van der Waals surface area (Å²) in [5.41, 5.74) is 19.9. The number of aryl methyl sites for hydroxylation is 2. The van der Waals surface area contributed by atoms with Gasteiger partial charge in [-0.1, -0.05) is 42.0 Å². The molecule has 6 heteroatoms. The third kappa shape index (κ3) is 2.99. The minimum absolute atomic E-state index is 0.0902. The molecule has 1 heterocycles. The first-order chi connectivity index (χ1) is 12.9. The number of nitrogens with two attached hydrogens (primary N) is 2. The molecule has 0 saturated heterocycles. The SMILES string of the molecule is Cc1ccc(-c2cn(/N=C3\CCc4c(C(=N)N)cccc43)c(N)n2)c(C)c1. The maximum absolute atomic E-state index is 7.76. The van der Waals surface area contributed by atoms with Gasteiger partial charge in [0, 0.05) is 16.7 Å². The topological polar surface area (TPSA) is 106 Å². The lowest BCUT2D eigenvalue weighted by Crippen LogP contribution is -2.13. The van der Waals surface area contributed by atoms with E-state index in [1.54, 1.807) is 4.68 Å². The van der Waals surface area contributed by atoms with Crippen molar-refractivity contribution in [1.29, 1.82) is 5.41 Å². The molecule has 0 unspecified atom stereocenters. The van der Waals surface area contributed by atoms with Gasteiger partial charge >= 0.3 is 0 Å². The van der Waals surface area contributed by atoms with Gasteiger partial charge < -0.3 is 11.5 Å². The molecule has 0 spiro atoms. The minimum atomic E-state index is 0.0902. The maximum atomic E-state index is 7.76. The van der Waals surface area contributed by atoms with Crippen LogP contribution in [0.3, 0.4) is 0 Å². The summed E-state index contributed by atoms with van der Waals surface area (Å²) in [6.45, 7) is 4.14. The van der Waals surface area contributed by atoms with Gasteiger partial charge in [-0.3, -0.25) is 5.41 Å². The number of amidine groups is 1. The Morgan fingerprint density at radius 3 is 2.70 bits per heavy atom. The van der Waals surface area contributed by atoms with Crippen molar-refractivity contribution in [2.45, 2.75) is 26.7 Å². The molecule has 27 heavy (non-hydrogen) atoms. The first-order valence-electron chi connectivity index (χ1n) is 8.91. The summed E-state index contributed by atoms with van der Waals surface area (Å²) in [5.74, 6) is 0.445. The number of nitrogens with one attached hydrogen (secondary N) is 1. The fraction of sp³-hybridized carbons (Fsp3) is 0.190. The molecule has 1 aliphatic carbocycles. The zero-order chi connectivity index (χ0) is 19.1. The van der Waals surface area contributed by atoms with Crippen molar-refractivity contribution in [3.63, 3.8) is 0 Å². The molecule has 2 aromatic carbocycles. The molecule has 0 bridgehead atoms. The molecule has 1 aliphatic rings. The summed E-state index contributed by atoms with van der Waals surface area (Å²) in [7, 11) is 0. The smallest absolute Gasteiger partial charge is 0.221 e. The Morgan fingerprint density at radius 2 is 1.96 bits per heavy atom. The van der Waals surface area contributed by atoms with Crippen LogP contribution in [-0.4, -0.2) is 21.2 Å². The first-order valence-corrected chi connectivity index (χ1v) is 8.91. The molecule has 0 radical (unpaired) electrons. The molecule has 0 amide bonds. The number of rotatable bonds is 3. The van der Waals surface area contributed by atoms with Gasteiger partial charge in [0.2, 0.25) is 5.95 Å². The largest absolute Gasteiger partial charge is 0.384 e. The lowest BCUT2D eigenvalue weighted by molar-refractivity contribution is 0.883. The number of hydrogen-bond donors (Lipinski definition) is 3. The Morgan fingerprint density at radius 1 is 1.15 bits per heavy atom. The highest BCUT2D eigenvalue weighted by molar-refractivity contribution is 6.08. The summed E-state index contributed by atoms with van der Waals surface area (Å²) < 4.78 is 1.64. The van der Waals surface area contributed by atoms with Crippen molar-refractivity contribution < 1.29 is 0 Å². The number of anilines is 1. The first kappa shape index (κ1) is 17.0. The van der Waals surface area contributed by atoms with Gasteiger partial charge in [0.15, 0.2) is 0 Å². The van der Waals surface area contributed by atoms with Gasteiger partial charge in [0.1, 0.15) is 5.84 Å². The summed E-state index contributed by atoms with van der Waals surface area (Å²) in [6.07, 6.45) is 3.48. The molecule has 4 rings (SSSR count). The van der Waals surface area contributed by atoms with Gasteiger partial charge in [0.05, 0.1) is 17.6 Å². The Balaban J connectivity index is 1.74. The predicted octanol–water partition coefficient (Wildman–Crippen LogP) is 3.23. The van der Waals surface area contributed by atoms with E-state index >= 15 is 0 Å². The van der Waals surface area contributed by atoms with Crippen LogP contribution in [0.2, 0.25) is 0 Å². The third-order valence-electron chi connectivity index (χ3n) is 4.99. The van der Waals surface area contributed by atoms with Gasteiger partial charge in [0.25, 0.3) is 0 Å². The number of benzene rings is 2. The Kier molecular flexibility index (Phi) is 4.03. The van der Waals surface area contributed by atoms with Crippen molar-refractivity contribution in [2.75, 3.05) is 5.73 Å². The van der Waals surface area contributed by atoms with Crippen LogP contribution < -0.4 is 11.5 Å². The second kappa shape index (κ2) is 6.39. The van der Waals surface area contributed by atoms with E-state index in [0.717, 1.165) is 52.1 Å². The average molecular weight is 358 g/mol. The van der Waals surface area contributed by atoms with Crippen LogP contribution in [0.25, 0.3) is 11.3 Å². The van der Waals surface area contributed by atoms with Crippen LogP contribution in [0.5, 0.6) is 0 Å². The van der Waals surface area contributed by atoms with E-state index in [0.29, 0.717) is 5.95 Å². The lowest BCUT2D eigenvalue weighted by Gasteiger charge is -2.06. The molecule has 6 nitrogen and oxygen atoms in total. The molecular weight excluding hydrogens is 336 g/mol. The van der Waals surface area contributed by atoms with Crippen LogP contribution in [0.4, 0.5) is 5.95 Å². The fourth-order valence-corrected chi connectivity index (χ4v) is 3.69. The van der Waals surface area contributed by atoms with Gasteiger partial charge in [-0.05, 0) is 37.8 Å². The van der Waals surface area contributed by atoms with Crippen LogP contribution in [-0.2, 0) is 6.42 Å². The number of fused-ring (bicyclic) bond motifs is 1. The molecule has 1 aromatic heterocycles. The van der Waals surface area contributed by atoms with Gasteiger partial charge in [-0.15, -0.1) is 0 Å². The second-order valence-corrected chi connectivity index (χ2v) is 6.94. The number of nitrogens with zero attached hydrogens (tertiary/aromatic N) is 3. The van der Waals surface area contributed by atoms with Crippen LogP contribution in [0.15, 0.2) is 47.7 Å². The zero-order valence-electron chi connectivity index (χ0n) is 15.5. The van der Waals surface area contributed by atoms with Gasteiger partial charge in [-0.25, -0.2) is 9.66 Å². The molecule has 3 aromatic rings. The summed E-state index contributed by atoms with van der Waals surface area (Å²) in [4.78, 5) is 4.49. The van der Waals surface area contributed by atoms with E-state index in [4.69, 9.17) is 22.0 Å². The van der Waals surface area contributed by atoms with Crippen molar-refractivity contribution in [3.05, 3.63) is 70.4 Å². The highest BCUT2D eigenvalue weighted by Gasteiger charge is 2.22. The Bertz CT molecular complexity index is 1090. The number of hydrogen-bond acceptors (Lipinski definition) is 4. The van der Waals surface area contributed by atoms with Crippen molar-refractivity contribution in [2.24, 2.45) is 10.8 Å². The molecule has 136 valence electrons. The number of imidazole rings is 1. The number of aromatic nitrogens is 2. The zero-order valence-corrected chi connectivity index (χ0v) is 15.5. The summed E-state index contributed by atoms with van der Waals surface area (Å²) in [5, 5.41) is 12.5. The van der Waals surface area contributed by atoms with Crippen LogP contribution >= 0.6 is 0 Å². The van der Waals surface area contributed by atoms with E-state index in [9.17, 15) is 0 Å². The van der Waals surface area contributed by atoms with E-state index in [-0.39, 0.29) is 5.84 Å². The molecule has 0 aliphatic heterocycles. The Labute approximate surface area is 158 Å². The van der Waals surface area contributed by atoms with E-state index in [1.807, 2.05) is 24.4 Å². The summed E-state index contributed by atoms with van der Waals surface area (Å²) in [6, 6.07) is 12.1. The van der Waals surface area contributed by atoms with E-state index in [2.05, 4.69) is 37.0 Å². The highest BCUT2D eigenvalue weighted by atomic mass is 15.4. The lowest BCUT2D eigenvalue weighted by atomic mass is 10.0. The van der Waals surface area contributed by atoms with Gasteiger partial charge in [-0.2, -0.15) is 5.10 Å². The van der Waals surface area contributed by atoms with Crippen LogP contribution in [0.1, 0.15) is 34.2 Å². The normalized spacial score (nSPS) is 14.5. The fourth-order valence-electron chi connectivity index (χ4n) is 3.69. The molecule has 0 saturated carbocycles. The highest BCUT2D eigenvalue weighted by Crippen LogP contribution is 2.28. The monoisotopic (exact) mass is 358 g/mol. The van der Waals surface area contributed by atoms with Crippen molar-refractivity contribution >= 4 is 17.5 Å².